The normalized spacial score (nSPS) is 13.1. The van der Waals surface area contributed by atoms with Gasteiger partial charge in [-0.2, -0.15) is 0 Å². The van der Waals surface area contributed by atoms with Crippen molar-refractivity contribution >= 4 is 17.8 Å². The second-order valence-electron chi connectivity index (χ2n) is 14.7. The molecular formula is C46H82N2O5. The third-order valence-electron chi connectivity index (χ3n) is 9.66. The molecule has 0 fully saturated rings. The molecule has 0 radical (unpaired) electrons. The molecule has 0 rings (SSSR count). The molecule has 1 amide bonds. The zero-order chi connectivity index (χ0) is 38.9. The predicted octanol–water partition coefficient (Wildman–Crippen LogP) is 12.4. The fourth-order valence-corrected chi connectivity index (χ4v) is 6.38. The van der Waals surface area contributed by atoms with Gasteiger partial charge in [-0.15, -0.1) is 0 Å². The number of nitrogens with two attached hydrogens (primary N) is 1. The summed E-state index contributed by atoms with van der Waals surface area (Å²) in [6, 6.07) is -0.862. The number of allylic oxidation sites excluding steroid dienone is 8. The van der Waals surface area contributed by atoms with Crippen LogP contribution in [0.1, 0.15) is 206 Å². The lowest BCUT2D eigenvalue weighted by atomic mass is 10.0. The van der Waals surface area contributed by atoms with E-state index in [2.05, 4.69) is 67.8 Å². The van der Waals surface area contributed by atoms with E-state index < -0.39 is 12.0 Å². The van der Waals surface area contributed by atoms with Gasteiger partial charge in [0.25, 0.3) is 0 Å². The van der Waals surface area contributed by atoms with Crippen molar-refractivity contribution in [2.45, 2.75) is 219 Å². The van der Waals surface area contributed by atoms with E-state index in [9.17, 15) is 19.5 Å². The Labute approximate surface area is 326 Å². The number of carbonyl (C=O) groups excluding carboxylic acids is 2. The van der Waals surface area contributed by atoms with E-state index >= 15 is 0 Å². The first kappa shape index (κ1) is 50.3. The molecule has 0 aromatic carbocycles. The van der Waals surface area contributed by atoms with E-state index in [-0.39, 0.29) is 18.0 Å². The maximum Gasteiger partial charge on any atom is 0.326 e. The lowest BCUT2D eigenvalue weighted by Gasteiger charge is -2.18. The molecular weight excluding hydrogens is 661 g/mol. The molecule has 0 aromatic heterocycles. The summed E-state index contributed by atoms with van der Waals surface area (Å²) in [6.07, 6.45) is 48.6. The molecule has 7 heteroatoms. The maximum absolute atomic E-state index is 12.8. The van der Waals surface area contributed by atoms with Gasteiger partial charge in [0.15, 0.2) is 0 Å². The molecule has 0 aliphatic carbocycles. The summed E-state index contributed by atoms with van der Waals surface area (Å²) < 4.78 is 6.03. The summed E-state index contributed by atoms with van der Waals surface area (Å²) in [5.41, 5.74) is 5.48. The van der Waals surface area contributed by atoms with Crippen molar-refractivity contribution in [2.24, 2.45) is 5.73 Å². The molecule has 0 aromatic rings. The van der Waals surface area contributed by atoms with Crippen molar-refractivity contribution < 1.29 is 24.2 Å². The van der Waals surface area contributed by atoms with E-state index in [1.165, 1.54) is 64.2 Å². The first-order chi connectivity index (χ1) is 25.9. The smallest absolute Gasteiger partial charge is 0.326 e. The summed E-state index contributed by atoms with van der Waals surface area (Å²) in [6.45, 7) is 4.83. The average molecular weight is 743 g/mol. The highest BCUT2D eigenvalue weighted by atomic mass is 16.5. The molecule has 2 atom stereocenters. The van der Waals surface area contributed by atoms with Crippen LogP contribution in [0.15, 0.2) is 48.6 Å². The summed E-state index contributed by atoms with van der Waals surface area (Å²) >= 11 is 0. The van der Waals surface area contributed by atoms with E-state index in [1.807, 2.05) is 0 Å². The van der Waals surface area contributed by atoms with Crippen LogP contribution in [0.3, 0.4) is 0 Å². The zero-order valence-electron chi connectivity index (χ0n) is 34.4. The zero-order valence-corrected chi connectivity index (χ0v) is 34.4. The first-order valence-electron chi connectivity index (χ1n) is 22.0. The molecule has 0 saturated carbocycles. The molecule has 4 N–H and O–H groups in total. The number of amides is 1. The van der Waals surface area contributed by atoms with Gasteiger partial charge in [0.05, 0.1) is 0 Å². The molecule has 0 spiro atoms. The number of carboxylic acids is 1. The molecule has 7 nitrogen and oxygen atoms in total. The van der Waals surface area contributed by atoms with Gasteiger partial charge in [-0.25, -0.2) is 4.79 Å². The predicted molar refractivity (Wildman–Crippen MR) is 225 cm³/mol. The minimum atomic E-state index is -1.01. The quantitative estimate of drug-likeness (QED) is 0.0328. The number of carboxylic acid groups (broad SMARTS) is 1. The third kappa shape index (κ3) is 37.4. The first-order valence-corrected chi connectivity index (χ1v) is 22.0. The largest absolute Gasteiger partial charge is 0.480 e. The summed E-state index contributed by atoms with van der Waals surface area (Å²) in [7, 11) is 0. The molecule has 0 heterocycles. The summed E-state index contributed by atoms with van der Waals surface area (Å²) in [4.78, 5) is 36.4. The number of esters is 1. The van der Waals surface area contributed by atoms with Crippen LogP contribution in [-0.2, 0) is 19.1 Å². The Morgan fingerprint density at radius 3 is 1.57 bits per heavy atom. The number of unbranched alkanes of at least 4 members (excludes halogenated alkanes) is 17. The lowest BCUT2D eigenvalue weighted by Crippen LogP contribution is -2.40. The highest BCUT2D eigenvalue weighted by Crippen LogP contribution is 2.18. The van der Waals surface area contributed by atoms with Gasteiger partial charge in [0, 0.05) is 12.8 Å². The highest BCUT2D eigenvalue weighted by molar-refractivity contribution is 5.83. The third-order valence-corrected chi connectivity index (χ3v) is 9.66. The van der Waals surface area contributed by atoms with Crippen LogP contribution in [0.2, 0.25) is 0 Å². The topological polar surface area (TPSA) is 119 Å². The average Bonchev–Trinajstić information content (AvgIpc) is 3.14. The number of aliphatic carboxylic acids is 1. The van der Waals surface area contributed by atoms with Crippen LogP contribution >= 0.6 is 0 Å². The fraction of sp³-hybridized carbons (Fsp3) is 0.761. The van der Waals surface area contributed by atoms with Crippen molar-refractivity contribution in [3.8, 4) is 0 Å². The number of hydrogen-bond donors (Lipinski definition) is 3. The van der Waals surface area contributed by atoms with Crippen LogP contribution in [0.5, 0.6) is 0 Å². The molecule has 2 unspecified atom stereocenters. The van der Waals surface area contributed by atoms with E-state index in [0.29, 0.717) is 32.2 Å². The Balaban J connectivity index is 4.43. The summed E-state index contributed by atoms with van der Waals surface area (Å²) in [5.74, 6) is -1.26. The fourth-order valence-electron chi connectivity index (χ4n) is 6.38. The second-order valence-corrected chi connectivity index (χ2v) is 14.7. The van der Waals surface area contributed by atoms with Gasteiger partial charge in [0.2, 0.25) is 5.91 Å². The minimum absolute atomic E-state index is 0.0236. The Morgan fingerprint density at radius 2 is 1.04 bits per heavy atom. The van der Waals surface area contributed by atoms with Crippen molar-refractivity contribution in [2.75, 3.05) is 6.54 Å². The van der Waals surface area contributed by atoms with Gasteiger partial charge < -0.3 is 20.9 Å². The van der Waals surface area contributed by atoms with Crippen LogP contribution < -0.4 is 11.1 Å². The molecule has 306 valence electrons. The lowest BCUT2D eigenvalue weighted by molar-refractivity contribution is -0.150. The Bertz CT molecular complexity index is 973. The SMILES string of the molecule is CC/C=C\C/C=C\C/C=C\C/C=C\CCCCC(CCCCCCCC(=O)NC(CCCN)C(=O)O)OC(=O)CCCCCCCCCCCCCC. The van der Waals surface area contributed by atoms with Crippen molar-refractivity contribution in [3.63, 3.8) is 0 Å². The number of ether oxygens (including phenoxy) is 1. The van der Waals surface area contributed by atoms with Gasteiger partial charge in [-0.05, 0) is 96.4 Å². The van der Waals surface area contributed by atoms with Gasteiger partial charge in [0.1, 0.15) is 12.1 Å². The molecule has 0 aliphatic rings. The van der Waals surface area contributed by atoms with E-state index in [0.717, 1.165) is 103 Å². The van der Waals surface area contributed by atoms with Crippen LogP contribution in [0.25, 0.3) is 0 Å². The van der Waals surface area contributed by atoms with Crippen LogP contribution in [-0.4, -0.2) is 41.6 Å². The van der Waals surface area contributed by atoms with Crippen LogP contribution in [0.4, 0.5) is 0 Å². The number of rotatable bonds is 39. The Hall–Kier alpha value is -2.67. The number of carbonyl (C=O) groups is 3. The minimum Gasteiger partial charge on any atom is -0.480 e. The van der Waals surface area contributed by atoms with Crippen molar-refractivity contribution in [3.05, 3.63) is 48.6 Å². The monoisotopic (exact) mass is 743 g/mol. The Morgan fingerprint density at radius 1 is 0.566 bits per heavy atom. The number of nitrogens with one attached hydrogen (secondary N) is 1. The molecule has 0 bridgehead atoms. The maximum atomic E-state index is 12.8. The van der Waals surface area contributed by atoms with E-state index in [4.69, 9.17) is 10.5 Å². The van der Waals surface area contributed by atoms with E-state index in [1.54, 1.807) is 0 Å². The molecule has 0 aliphatic heterocycles. The standard InChI is InChI=1S/C46H82N2O5/c1-3-5-7-9-11-13-15-17-18-19-20-22-24-27-31-36-42(53-45(50)40-34-30-25-23-21-16-14-12-10-8-6-4-2)37-32-28-26-29-33-39-44(49)48-43(46(51)52)38-35-41-47/h5,7,11,13,17-18,20,22,42-43H,3-4,6,8-10,12,14-16,19,21,23-41,47H2,1-2H3,(H,48,49)(H,51,52)/b7-5-,13-11-,18-17-,22-20-. The molecule has 0 saturated heterocycles. The molecule has 53 heavy (non-hydrogen) atoms. The number of hydrogen-bond acceptors (Lipinski definition) is 5. The van der Waals surface area contributed by atoms with Gasteiger partial charge in [-0.3, -0.25) is 9.59 Å². The van der Waals surface area contributed by atoms with Crippen molar-refractivity contribution in [1.29, 1.82) is 0 Å². The second kappa shape index (κ2) is 40.5. The van der Waals surface area contributed by atoms with Gasteiger partial charge in [-0.1, -0.05) is 152 Å². The van der Waals surface area contributed by atoms with Crippen LogP contribution in [0, 0.1) is 0 Å². The van der Waals surface area contributed by atoms with Crippen molar-refractivity contribution in [1.82, 2.24) is 5.32 Å². The Kier molecular flexibility index (Phi) is 38.5. The van der Waals surface area contributed by atoms with Gasteiger partial charge >= 0.3 is 11.9 Å². The highest BCUT2D eigenvalue weighted by Gasteiger charge is 2.19. The summed E-state index contributed by atoms with van der Waals surface area (Å²) in [5, 5.41) is 11.9.